The summed E-state index contributed by atoms with van der Waals surface area (Å²) in [4.78, 5) is 11.9. The maximum atomic E-state index is 11.9. The molecule has 3 rings (SSSR count). The van der Waals surface area contributed by atoms with Crippen LogP contribution in [0.5, 0.6) is 11.5 Å². The van der Waals surface area contributed by atoms with E-state index in [-0.39, 0.29) is 30.5 Å². The normalized spacial score (nSPS) is 10.4. The van der Waals surface area contributed by atoms with Crippen LogP contribution < -0.4 is 25.8 Å². The molecule has 1 aromatic heterocycles. The number of nitrogen functional groups attached to an aromatic ring is 1. The Labute approximate surface area is 207 Å². The molecule has 2 aromatic carbocycles. The van der Waals surface area contributed by atoms with Gasteiger partial charge in [0.05, 0.1) is 11.6 Å². The number of halogens is 3. The fraction of sp³-hybridized carbons (Fsp3) is 0.286. The summed E-state index contributed by atoms with van der Waals surface area (Å²) in [6.07, 6.45) is 0. The van der Waals surface area contributed by atoms with Crippen LogP contribution in [0.1, 0.15) is 28.5 Å². The van der Waals surface area contributed by atoms with E-state index in [0.29, 0.717) is 47.8 Å². The molecule has 33 heavy (non-hydrogen) atoms. The third kappa shape index (κ3) is 7.40. The fourth-order valence-corrected chi connectivity index (χ4v) is 3.30. The molecule has 9 nitrogen and oxygen atoms in total. The average Bonchev–Trinajstić information content (AvgIpc) is 3.20. The molecule has 0 aliphatic heterocycles. The van der Waals surface area contributed by atoms with E-state index in [2.05, 4.69) is 25.6 Å². The Hall–Kier alpha value is -2.72. The van der Waals surface area contributed by atoms with E-state index in [9.17, 15) is 4.79 Å². The van der Waals surface area contributed by atoms with Crippen LogP contribution >= 0.6 is 35.6 Å². The summed E-state index contributed by atoms with van der Waals surface area (Å²) in [5, 5.41) is 13.8. The quantitative estimate of drug-likeness (QED) is 0.328. The third-order valence-electron chi connectivity index (χ3n) is 4.34. The molecule has 178 valence electrons. The van der Waals surface area contributed by atoms with Gasteiger partial charge in [-0.3, -0.25) is 4.79 Å². The molecule has 0 spiro atoms. The van der Waals surface area contributed by atoms with Gasteiger partial charge < -0.3 is 25.8 Å². The predicted octanol–water partition coefficient (Wildman–Crippen LogP) is 3.88. The molecular formula is C21H24Cl3N5O4. The van der Waals surface area contributed by atoms with Gasteiger partial charge in [0, 0.05) is 30.2 Å². The van der Waals surface area contributed by atoms with Crippen molar-refractivity contribution in [3.63, 3.8) is 0 Å². The SMILES string of the molecule is CCOc1cc(CNCCNC(=O)c2nonc2N)cc(Cl)c1OCc1ccccc1Cl.Cl. The van der Waals surface area contributed by atoms with Crippen molar-refractivity contribution >= 4 is 47.3 Å². The summed E-state index contributed by atoms with van der Waals surface area (Å²) in [5.74, 6) is 0.507. The Morgan fingerprint density at radius 2 is 1.91 bits per heavy atom. The molecule has 0 unspecified atom stereocenters. The van der Waals surface area contributed by atoms with E-state index < -0.39 is 5.91 Å². The van der Waals surface area contributed by atoms with Crippen LogP contribution in [-0.4, -0.2) is 35.9 Å². The first kappa shape index (κ1) is 26.5. The zero-order valence-corrected chi connectivity index (χ0v) is 20.1. The Morgan fingerprint density at radius 1 is 1.12 bits per heavy atom. The van der Waals surface area contributed by atoms with Gasteiger partial charge in [0.15, 0.2) is 11.5 Å². The Morgan fingerprint density at radius 3 is 2.61 bits per heavy atom. The van der Waals surface area contributed by atoms with Gasteiger partial charge in [0.2, 0.25) is 11.5 Å². The maximum Gasteiger partial charge on any atom is 0.277 e. The van der Waals surface area contributed by atoms with Crippen molar-refractivity contribution < 1.29 is 18.9 Å². The van der Waals surface area contributed by atoms with Crippen LogP contribution in [0.4, 0.5) is 5.82 Å². The lowest BCUT2D eigenvalue weighted by atomic mass is 10.2. The minimum Gasteiger partial charge on any atom is -0.490 e. The van der Waals surface area contributed by atoms with Crippen molar-refractivity contribution in [2.75, 3.05) is 25.4 Å². The van der Waals surface area contributed by atoms with Gasteiger partial charge in [-0.25, -0.2) is 4.63 Å². The highest BCUT2D eigenvalue weighted by molar-refractivity contribution is 6.32. The largest absolute Gasteiger partial charge is 0.490 e. The molecule has 0 atom stereocenters. The Kier molecular flexibility index (Phi) is 10.5. The van der Waals surface area contributed by atoms with Crippen LogP contribution in [0.2, 0.25) is 10.0 Å². The van der Waals surface area contributed by atoms with Crippen LogP contribution in [0.25, 0.3) is 0 Å². The number of nitrogens with zero attached hydrogens (tertiary/aromatic N) is 2. The highest BCUT2D eigenvalue weighted by Crippen LogP contribution is 2.37. The van der Waals surface area contributed by atoms with Crippen molar-refractivity contribution in [1.29, 1.82) is 0 Å². The standard InChI is InChI=1S/C21H23Cl2N5O4.ClH/c1-2-30-17-10-13(11-25-7-8-26-21(29)18-20(24)28-32-27-18)9-16(23)19(17)31-12-14-5-3-4-6-15(14)22;/h3-6,9-10,25H,2,7-8,11-12H2,1H3,(H2,24,28)(H,26,29);1H. The van der Waals surface area contributed by atoms with E-state index in [0.717, 1.165) is 11.1 Å². The minimum atomic E-state index is -0.452. The monoisotopic (exact) mass is 515 g/mol. The first-order valence-electron chi connectivity index (χ1n) is 9.88. The number of anilines is 1. The molecule has 0 saturated carbocycles. The number of hydrogen-bond acceptors (Lipinski definition) is 8. The minimum absolute atomic E-state index is 0. The number of benzene rings is 2. The summed E-state index contributed by atoms with van der Waals surface area (Å²) in [6, 6.07) is 11.1. The predicted molar refractivity (Wildman–Crippen MR) is 128 cm³/mol. The number of carbonyl (C=O) groups is 1. The molecule has 4 N–H and O–H groups in total. The average molecular weight is 517 g/mol. The van der Waals surface area contributed by atoms with Crippen molar-refractivity contribution in [2.45, 2.75) is 20.1 Å². The van der Waals surface area contributed by atoms with Crippen LogP contribution in [0, 0.1) is 0 Å². The number of amides is 1. The summed E-state index contributed by atoms with van der Waals surface area (Å²) in [5.41, 5.74) is 7.21. The Balaban J connectivity index is 0.00000385. The number of aromatic nitrogens is 2. The molecule has 0 fully saturated rings. The summed E-state index contributed by atoms with van der Waals surface area (Å²) < 4.78 is 16.1. The molecule has 3 aromatic rings. The summed E-state index contributed by atoms with van der Waals surface area (Å²) >= 11 is 12.7. The van der Waals surface area contributed by atoms with Crippen molar-refractivity contribution in [3.8, 4) is 11.5 Å². The van der Waals surface area contributed by atoms with Gasteiger partial charge >= 0.3 is 0 Å². The van der Waals surface area contributed by atoms with Gasteiger partial charge in [-0.1, -0.05) is 41.4 Å². The van der Waals surface area contributed by atoms with Crippen LogP contribution in [-0.2, 0) is 13.2 Å². The molecule has 12 heteroatoms. The smallest absolute Gasteiger partial charge is 0.277 e. The molecule has 0 radical (unpaired) electrons. The molecule has 1 amide bonds. The fourth-order valence-electron chi connectivity index (χ4n) is 2.83. The maximum absolute atomic E-state index is 11.9. The molecule has 0 bridgehead atoms. The van der Waals surface area contributed by atoms with E-state index in [1.54, 1.807) is 12.1 Å². The van der Waals surface area contributed by atoms with Crippen LogP contribution in [0.3, 0.4) is 0 Å². The molecule has 0 saturated heterocycles. The lowest BCUT2D eigenvalue weighted by Gasteiger charge is -2.16. The highest BCUT2D eigenvalue weighted by atomic mass is 35.5. The van der Waals surface area contributed by atoms with Gasteiger partial charge in [0.25, 0.3) is 5.91 Å². The zero-order chi connectivity index (χ0) is 22.9. The zero-order valence-electron chi connectivity index (χ0n) is 17.8. The highest BCUT2D eigenvalue weighted by Gasteiger charge is 2.16. The van der Waals surface area contributed by atoms with E-state index >= 15 is 0 Å². The second-order valence-electron chi connectivity index (χ2n) is 6.65. The lowest BCUT2D eigenvalue weighted by molar-refractivity contribution is 0.0944. The van der Waals surface area contributed by atoms with Gasteiger partial charge in [0.1, 0.15) is 6.61 Å². The van der Waals surface area contributed by atoms with Gasteiger partial charge in [-0.15, -0.1) is 12.4 Å². The molecule has 0 aliphatic carbocycles. The number of rotatable bonds is 11. The van der Waals surface area contributed by atoms with E-state index in [1.165, 1.54) is 0 Å². The summed E-state index contributed by atoms with van der Waals surface area (Å²) in [7, 11) is 0. The first-order valence-corrected chi connectivity index (χ1v) is 10.6. The second kappa shape index (κ2) is 13.1. The number of ether oxygens (including phenoxy) is 2. The van der Waals surface area contributed by atoms with Gasteiger partial charge in [-0.05, 0) is 41.0 Å². The number of carbonyl (C=O) groups excluding carboxylic acids is 1. The Bertz CT molecular complexity index is 1060. The third-order valence-corrected chi connectivity index (χ3v) is 4.99. The first-order chi connectivity index (χ1) is 15.5. The summed E-state index contributed by atoms with van der Waals surface area (Å²) in [6.45, 7) is 3.98. The van der Waals surface area contributed by atoms with Crippen molar-refractivity contribution in [2.24, 2.45) is 0 Å². The van der Waals surface area contributed by atoms with Crippen molar-refractivity contribution in [1.82, 2.24) is 20.9 Å². The molecular weight excluding hydrogens is 493 g/mol. The number of nitrogens with two attached hydrogens (primary N) is 1. The topological polar surface area (TPSA) is 125 Å². The molecule has 0 aliphatic rings. The van der Waals surface area contributed by atoms with Crippen LogP contribution in [0.15, 0.2) is 41.0 Å². The second-order valence-corrected chi connectivity index (χ2v) is 7.46. The molecule has 1 heterocycles. The lowest BCUT2D eigenvalue weighted by Crippen LogP contribution is -2.32. The van der Waals surface area contributed by atoms with Crippen molar-refractivity contribution in [3.05, 3.63) is 63.3 Å². The number of nitrogens with one attached hydrogen (secondary N) is 2. The van der Waals surface area contributed by atoms with E-state index in [1.807, 2.05) is 31.2 Å². The van der Waals surface area contributed by atoms with Gasteiger partial charge in [-0.2, -0.15) is 0 Å². The number of hydrogen-bond donors (Lipinski definition) is 3. The van der Waals surface area contributed by atoms with E-state index in [4.69, 9.17) is 38.4 Å².